The van der Waals surface area contributed by atoms with Crippen LogP contribution < -0.4 is 10.6 Å². The van der Waals surface area contributed by atoms with Gasteiger partial charge in [0.05, 0.1) is 0 Å². The van der Waals surface area contributed by atoms with Crippen LogP contribution in [0.4, 0.5) is 17.3 Å². The van der Waals surface area contributed by atoms with Gasteiger partial charge in [0.15, 0.2) is 11.6 Å². The van der Waals surface area contributed by atoms with Crippen LogP contribution in [0.1, 0.15) is 19.3 Å². The smallest absolute Gasteiger partial charge is 0.163 e. The first-order valence-electron chi connectivity index (χ1n) is 9.03. The highest BCUT2D eigenvalue weighted by atomic mass is 16.1. The number of carbonyl (C=O) groups is 1. The number of hydrogen-bond acceptors (Lipinski definition) is 5. The number of allylic oxidation sites excluding steroid dienone is 2. The maximum Gasteiger partial charge on any atom is 0.163 e. The number of anilines is 3. The van der Waals surface area contributed by atoms with Crippen LogP contribution >= 0.6 is 0 Å². The minimum Gasteiger partial charge on any atom is -0.343 e. The molecule has 27 heavy (non-hydrogen) atoms. The van der Waals surface area contributed by atoms with Gasteiger partial charge in [0.25, 0.3) is 0 Å². The average molecular weight is 356 g/mol. The molecule has 1 aliphatic carbocycles. The highest BCUT2D eigenvalue weighted by Gasteiger charge is 2.12. The largest absolute Gasteiger partial charge is 0.343 e. The summed E-state index contributed by atoms with van der Waals surface area (Å²) >= 11 is 0. The summed E-state index contributed by atoms with van der Waals surface area (Å²) in [4.78, 5) is 21.0. The van der Waals surface area contributed by atoms with Crippen LogP contribution in [0.5, 0.6) is 0 Å². The first-order chi connectivity index (χ1) is 13.3. The molecule has 0 atom stereocenters. The molecular weight excluding hydrogens is 336 g/mol. The Labute approximate surface area is 158 Å². The molecule has 0 saturated heterocycles. The van der Waals surface area contributed by atoms with E-state index in [9.17, 15) is 4.79 Å². The van der Waals surface area contributed by atoms with E-state index < -0.39 is 0 Å². The van der Waals surface area contributed by atoms with Crippen LogP contribution in [0.15, 0.2) is 78.5 Å². The fourth-order valence-corrected chi connectivity index (χ4v) is 3.02. The van der Waals surface area contributed by atoms with Gasteiger partial charge >= 0.3 is 0 Å². The van der Waals surface area contributed by atoms with Gasteiger partial charge in [-0.1, -0.05) is 48.5 Å². The molecular formula is C22H20N4O. The average Bonchev–Trinajstić information content (AvgIpc) is 2.69. The van der Waals surface area contributed by atoms with Gasteiger partial charge in [-0.15, -0.1) is 0 Å². The lowest BCUT2D eigenvalue weighted by Gasteiger charge is -2.16. The molecule has 0 bridgehead atoms. The first kappa shape index (κ1) is 17.0. The van der Waals surface area contributed by atoms with Crippen molar-refractivity contribution in [1.29, 1.82) is 0 Å². The Morgan fingerprint density at radius 1 is 0.778 bits per heavy atom. The van der Waals surface area contributed by atoms with Crippen molar-refractivity contribution in [3.05, 3.63) is 78.5 Å². The number of nitrogens with zero attached hydrogens (tertiary/aromatic N) is 2. The molecule has 0 spiro atoms. The van der Waals surface area contributed by atoms with Crippen molar-refractivity contribution in [3.8, 4) is 11.4 Å². The number of hydrogen-bond donors (Lipinski definition) is 2. The van der Waals surface area contributed by atoms with E-state index in [0.29, 0.717) is 23.9 Å². The number of aromatic nitrogens is 2. The summed E-state index contributed by atoms with van der Waals surface area (Å²) in [5, 5.41) is 6.62. The molecule has 1 aromatic heterocycles. The van der Waals surface area contributed by atoms with Gasteiger partial charge < -0.3 is 10.6 Å². The Hall–Kier alpha value is -3.47. The summed E-state index contributed by atoms with van der Waals surface area (Å²) in [6.07, 6.45) is 4.00. The summed E-state index contributed by atoms with van der Waals surface area (Å²) < 4.78 is 0. The van der Waals surface area contributed by atoms with Gasteiger partial charge in [0.2, 0.25) is 0 Å². The van der Waals surface area contributed by atoms with Crippen LogP contribution in [0.3, 0.4) is 0 Å². The fourth-order valence-electron chi connectivity index (χ4n) is 3.02. The molecule has 0 radical (unpaired) electrons. The van der Waals surface area contributed by atoms with Crippen molar-refractivity contribution >= 4 is 23.1 Å². The molecule has 2 aromatic carbocycles. The van der Waals surface area contributed by atoms with E-state index in [-0.39, 0.29) is 5.78 Å². The number of nitrogens with one attached hydrogen (secondary N) is 2. The van der Waals surface area contributed by atoms with Crippen molar-refractivity contribution in [2.24, 2.45) is 0 Å². The summed E-state index contributed by atoms with van der Waals surface area (Å²) in [6.45, 7) is 0. The Morgan fingerprint density at radius 2 is 1.44 bits per heavy atom. The third kappa shape index (κ3) is 4.39. The second-order valence-corrected chi connectivity index (χ2v) is 6.43. The van der Waals surface area contributed by atoms with Crippen molar-refractivity contribution in [1.82, 2.24) is 9.97 Å². The number of rotatable bonds is 5. The minimum atomic E-state index is 0.156. The zero-order valence-corrected chi connectivity index (χ0v) is 14.9. The van der Waals surface area contributed by atoms with Gasteiger partial charge in [-0.05, 0) is 25.0 Å². The van der Waals surface area contributed by atoms with Gasteiger partial charge in [0, 0.05) is 35.5 Å². The highest BCUT2D eigenvalue weighted by Crippen LogP contribution is 2.25. The van der Waals surface area contributed by atoms with E-state index in [2.05, 4.69) is 20.6 Å². The summed E-state index contributed by atoms with van der Waals surface area (Å²) in [5.41, 5.74) is 2.79. The molecule has 134 valence electrons. The Morgan fingerprint density at radius 3 is 2.15 bits per heavy atom. The zero-order chi connectivity index (χ0) is 18.5. The third-order valence-electron chi connectivity index (χ3n) is 4.30. The van der Waals surface area contributed by atoms with Crippen molar-refractivity contribution < 1.29 is 4.79 Å². The van der Waals surface area contributed by atoms with Gasteiger partial charge in [-0.2, -0.15) is 0 Å². The number of benzene rings is 2. The van der Waals surface area contributed by atoms with E-state index in [1.54, 1.807) is 6.08 Å². The number of para-hydroxylation sites is 1. The molecule has 4 rings (SSSR count). The van der Waals surface area contributed by atoms with E-state index >= 15 is 0 Å². The molecule has 1 heterocycles. The lowest BCUT2D eigenvalue weighted by Crippen LogP contribution is -2.11. The van der Waals surface area contributed by atoms with Gasteiger partial charge in [0.1, 0.15) is 11.6 Å². The molecule has 0 amide bonds. The maximum absolute atomic E-state index is 11.7. The van der Waals surface area contributed by atoms with Crippen molar-refractivity contribution in [3.63, 3.8) is 0 Å². The standard InChI is InChI=1S/C22H20N4O/c27-19-13-7-12-18(14-19)24-21-15-20(23-17-10-5-2-6-11-17)25-22(26-21)16-8-3-1-4-9-16/h1-6,8-11,14-15H,7,12-13H2,(H2,23,24,25,26). The maximum atomic E-state index is 11.7. The summed E-state index contributed by atoms with van der Waals surface area (Å²) in [7, 11) is 0. The number of carbonyl (C=O) groups excluding carboxylic acids is 1. The Bertz CT molecular complexity index is 968. The SMILES string of the molecule is O=C1C=C(Nc2cc(Nc3ccccc3)nc(-c3ccccc3)n2)CCC1. The van der Waals surface area contributed by atoms with E-state index in [1.807, 2.05) is 66.7 Å². The second-order valence-electron chi connectivity index (χ2n) is 6.43. The number of ketones is 1. The lowest BCUT2D eigenvalue weighted by atomic mass is 10.0. The molecule has 0 unspecified atom stereocenters. The van der Waals surface area contributed by atoms with E-state index in [0.717, 1.165) is 29.8 Å². The topological polar surface area (TPSA) is 66.9 Å². The van der Waals surface area contributed by atoms with E-state index in [4.69, 9.17) is 0 Å². The predicted molar refractivity (Wildman–Crippen MR) is 108 cm³/mol. The van der Waals surface area contributed by atoms with E-state index in [1.165, 1.54) is 0 Å². The van der Waals surface area contributed by atoms with Crippen LogP contribution in [-0.2, 0) is 4.79 Å². The molecule has 0 fully saturated rings. The Balaban J connectivity index is 1.69. The summed E-state index contributed by atoms with van der Waals surface area (Å²) in [6, 6.07) is 21.6. The van der Waals surface area contributed by atoms with Crippen LogP contribution in [0.2, 0.25) is 0 Å². The molecule has 5 heteroatoms. The predicted octanol–water partition coefficient (Wildman–Crippen LogP) is 4.94. The van der Waals surface area contributed by atoms with Crippen molar-refractivity contribution in [2.45, 2.75) is 19.3 Å². The Kier molecular flexibility index (Phi) is 4.92. The molecule has 5 nitrogen and oxygen atoms in total. The van der Waals surface area contributed by atoms with Crippen LogP contribution in [0.25, 0.3) is 11.4 Å². The lowest BCUT2D eigenvalue weighted by molar-refractivity contribution is -0.115. The monoisotopic (exact) mass is 356 g/mol. The van der Waals surface area contributed by atoms with Crippen LogP contribution in [-0.4, -0.2) is 15.8 Å². The molecule has 0 aliphatic heterocycles. The van der Waals surface area contributed by atoms with Crippen molar-refractivity contribution in [2.75, 3.05) is 10.6 Å². The first-order valence-corrected chi connectivity index (χ1v) is 9.03. The third-order valence-corrected chi connectivity index (χ3v) is 4.30. The normalized spacial score (nSPS) is 13.8. The quantitative estimate of drug-likeness (QED) is 0.678. The molecule has 2 N–H and O–H groups in total. The summed E-state index contributed by atoms with van der Waals surface area (Å²) in [5.74, 6) is 2.15. The molecule has 1 aliphatic rings. The van der Waals surface area contributed by atoms with Gasteiger partial charge in [-0.3, -0.25) is 4.79 Å². The van der Waals surface area contributed by atoms with Crippen LogP contribution in [0, 0.1) is 0 Å². The molecule has 3 aromatic rings. The van der Waals surface area contributed by atoms with Gasteiger partial charge in [-0.25, -0.2) is 9.97 Å². The zero-order valence-electron chi connectivity index (χ0n) is 14.9. The minimum absolute atomic E-state index is 0.156. The fraction of sp³-hybridized carbons (Fsp3) is 0.136. The molecule has 0 saturated carbocycles. The highest BCUT2D eigenvalue weighted by molar-refractivity contribution is 5.91. The second kappa shape index (κ2) is 7.83.